The van der Waals surface area contributed by atoms with Crippen LogP contribution < -0.4 is 0 Å². The third-order valence-electron chi connectivity index (χ3n) is 1.86. The Labute approximate surface area is 69.4 Å². The summed E-state index contributed by atoms with van der Waals surface area (Å²) in [6, 6.07) is 0. The number of ether oxygens (including phenoxy) is 1. The Hall–Kier alpha value is -1.07. The van der Waals surface area contributed by atoms with Gasteiger partial charge in [-0.15, -0.1) is 0 Å². The average Bonchev–Trinajstić information content (AvgIpc) is 2.18. The Morgan fingerprint density at radius 2 is 2.42 bits per heavy atom. The van der Waals surface area contributed by atoms with Crippen molar-refractivity contribution in [3.05, 3.63) is 12.2 Å². The first-order chi connectivity index (χ1) is 5.81. The van der Waals surface area contributed by atoms with Gasteiger partial charge in [-0.2, -0.15) is 0 Å². The third kappa shape index (κ3) is 1.07. The van der Waals surface area contributed by atoms with Crippen LogP contribution >= 0.6 is 0 Å². The lowest BCUT2D eigenvalue weighted by molar-refractivity contribution is -0.387. The van der Waals surface area contributed by atoms with E-state index in [-0.39, 0.29) is 6.10 Å². The molecule has 0 saturated carbocycles. The SMILES string of the molecule is COC(=O)N1C[C@@H]2C=C[C@H]1OO2. The monoisotopic (exact) mass is 171 g/mol. The van der Waals surface area contributed by atoms with Crippen LogP contribution in [0.4, 0.5) is 4.79 Å². The van der Waals surface area contributed by atoms with E-state index in [9.17, 15) is 4.79 Å². The Bertz CT molecular complexity index is 227. The Balaban J connectivity index is 2.11. The molecule has 1 amide bonds. The van der Waals surface area contributed by atoms with Crippen LogP contribution in [-0.2, 0) is 14.5 Å². The summed E-state index contributed by atoms with van der Waals surface area (Å²) in [5, 5.41) is 0. The highest BCUT2D eigenvalue weighted by Crippen LogP contribution is 2.21. The first-order valence-electron chi connectivity index (χ1n) is 3.66. The minimum Gasteiger partial charge on any atom is -0.453 e. The topological polar surface area (TPSA) is 48.0 Å². The molecule has 2 atom stereocenters. The summed E-state index contributed by atoms with van der Waals surface area (Å²) in [7, 11) is 1.34. The molecule has 1 saturated heterocycles. The molecule has 12 heavy (non-hydrogen) atoms. The quantitative estimate of drug-likeness (QED) is 0.388. The molecule has 0 spiro atoms. The minimum absolute atomic E-state index is 0.158. The van der Waals surface area contributed by atoms with E-state index in [4.69, 9.17) is 9.78 Å². The number of carbonyl (C=O) groups is 1. The molecule has 3 aliphatic rings. The fourth-order valence-corrected chi connectivity index (χ4v) is 1.25. The van der Waals surface area contributed by atoms with E-state index in [1.54, 1.807) is 6.08 Å². The maximum atomic E-state index is 11.1. The van der Waals surface area contributed by atoms with Crippen molar-refractivity contribution in [1.82, 2.24) is 4.90 Å². The number of nitrogens with zero attached hydrogens (tertiary/aromatic N) is 1. The molecule has 0 aromatic heterocycles. The van der Waals surface area contributed by atoms with E-state index in [1.807, 2.05) is 6.08 Å². The maximum Gasteiger partial charge on any atom is 0.412 e. The van der Waals surface area contributed by atoms with Gasteiger partial charge in [-0.1, -0.05) is 6.08 Å². The van der Waals surface area contributed by atoms with E-state index >= 15 is 0 Å². The molecule has 0 aromatic rings. The van der Waals surface area contributed by atoms with Gasteiger partial charge in [-0.3, -0.25) is 4.90 Å². The van der Waals surface area contributed by atoms with Crippen molar-refractivity contribution in [2.24, 2.45) is 0 Å². The summed E-state index contributed by atoms with van der Waals surface area (Å²) >= 11 is 0. The van der Waals surface area contributed by atoms with Gasteiger partial charge < -0.3 is 4.74 Å². The lowest BCUT2D eigenvalue weighted by Gasteiger charge is -2.38. The van der Waals surface area contributed by atoms with Crippen molar-refractivity contribution < 1.29 is 19.3 Å². The molecule has 66 valence electrons. The van der Waals surface area contributed by atoms with Crippen molar-refractivity contribution in [1.29, 1.82) is 0 Å². The highest BCUT2D eigenvalue weighted by atomic mass is 17.2. The molecule has 3 heterocycles. The standard InChI is InChI=1S/C7H9NO4/c1-10-7(9)8-4-5-2-3-6(8)12-11-5/h2-3,5-6H,4H2,1H3/t5-,6+/m0/s1. The highest BCUT2D eigenvalue weighted by molar-refractivity contribution is 5.68. The first-order valence-corrected chi connectivity index (χ1v) is 3.66. The van der Waals surface area contributed by atoms with E-state index in [0.717, 1.165) is 0 Å². The van der Waals surface area contributed by atoms with Gasteiger partial charge >= 0.3 is 6.09 Å². The fraction of sp³-hybridized carbons (Fsp3) is 0.571. The molecule has 5 heteroatoms. The molecule has 0 aliphatic carbocycles. The minimum atomic E-state index is -0.428. The molecule has 1 fully saturated rings. The summed E-state index contributed by atoms with van der Waals surface area (Å²) in [5.41, 5.74) is 0. The second-order valence-electron chi connectivity index (χ2n) is 2.63. The fourth-order valence-electron chi connectivity index (χ4n) is 1.25. The van der Waals surface area contributed by atoms with Crippen LogP contribution in [0.15, 0.2) is 12.2 Å². The van der Waals surface area contributed by atoms with Crippen molar-refractivity contribution in [2.75, 3.05) is 13.7 Å². The maximum absolute atomic E-state index is 11.1. The van der Waals surface area contributed by atoms with Gasteiger partial charge in [0.15, 0.2) is 6.23 Å². The zero-order valence-electron chi connectivity index (χ0n) is 6.60. The molecule has 2 bridgehead atoms. The normalized spacial score (nSPS) is 32.2. The van der Waals surface area contributed by atoms with E-state index in [0.29, 0.717) is 6.54 Å². The number of rotatable bonds is 0. The predicted molar refractivity (Wildman–Crippen MR) is 38.0 cm³/mol. The molecule has 0 aromatic carbocycles. The number of hydrogen-bond acceptors (Lipinski definition) is 4. The summed E-state index contributed by atoms with van der Waals surface area (Å²) in [6.45, 7) is 0.494. The molecule has 0 unspecified atom stereocenters. The van der Waals surface area contributed by atoms with Crippen molar-refractivity contribution in [3.8, 4) is 0 Å². The lowest BCUT2D eigenvalue weighted by Crippen LogP contribution is -2.52. The number of fused-ring (bicyclic) bond motifs is 2. The van der Waals surface area contributed by atoms with Gasteiger partial charge in [-0.05, 0) is 6.08 Å². The molecule has 5 nitrogen and oxygen atoms in total. The van der Waals surface area contributed by atoms with Crippen LogP contribution in [0.2, 0.25) is 0 Å². The number of carbonyl (C=O) groups excluding carboxylic acids is 1. The van der Waals surface area contributed by atoms with E-state index < -0.39 is 12.3 Å². The van der Waals surface area contributed by atoms with E-state index in [2.05, 4.69) is 4.74 Å². The van der Waals surface area contributed by atoms with Gasteiger partial charge in [0.25, 0.3) is 0 Å². The number of amides is 1. The van der Waals surface area contributed by atoms with Crippen LogP contribution in [0.3, 0.4) is 0 Å². The lowest BCUT2D eigenvalue weighted by atomic mass is 10.2. The summed E-state index contributed by atoms with van der Waals surface area (Å²) in [5.74, 6) is 0. The van der Waals surface area contributed by atoms with E-state index in [1.165, 1.54) is 12.0 Å². The third-order valence-corrected chi connectivity index (χ3v) is 1.86. The zero-order valence-corrected chi connectivity index (χ0v) is 6.60. The van der Waals surface area contributed by atoms with Gasteiger partial charge in [0.1, 0.15) is 6.10 Å². The average molecular weight is 171 g/mol. The van der Waals surface area contributed by atoms with Crippen LogP contribution in [0.25, 0.3) is 0 Å². The van der Waals surface area contributed by atoms with Crippen LogP contribution in [-0.4, -0.2) is 37.0 Å². The van der Waals surface area contributed by atoms with Crippen LogP contribution in [0.5, 0.6) is 0 Å². The van der Waals surface area contributed by atoms with Gasteiger partial charge in [0, 0.05) is 0 Å². The van der Waals surface area contributed by atoms with Crippen molar-refractivity contribution in [3.63, 3.8) is 0 Å². The van der Waals surface area contributed by atoms with Crippen molar-refractivity contribution >= 4 is 6.09 Å². The Morgan fingerprint density at radius 1 is 1.58 bits per heavy atom. The van der Waals surface area contributed by atoms with Gasteiger partial charge in [0.2, 0.25) is 0 Å². The predicted octanol–water partition coefficient (Wildman–Crippen LogP) is 0.281. The summed E-state index contributed by atoms with van der Waals surface area (Å²) in [4.78, 5) is 22.3. The molecular formula is C7H9NO4. The molecule has 3 rings (SSSR count). The van der Waals surface area contributed by atoms with Gasteiger partial charge in [-0.25, -0.2) is 14.6 Å². The Morgan fingerprint density at radius 3 is 2.83 bits per heavy atom. The number of hydrogen-bond donors (Lipinski definition) is 0. The van der Waals surface area contributed by atoms with Crippen LogP contribution in [0, 0.1) is 0 Å². The van der Waals surface area contributed by atoms with Crippen molar-refractivity contribution in [2.45, 2.75) is 12.3 Å². The second kappa shape index (κ2) is 2.76. The largest absolute Gasteiger partial charge is 0.453 e. The second-order valence-corrected chi connectivity index (χ2v) is 2.63. The van der Waals surface area contributed by atoms with Gasteiger partial charge in [0.05, 0.1) is 13.7 Å². The smallest absolute Gasteiger partial charge is 0.412 e. The highest BCUT2D eigenvalue weighted by Gasteiger charge is 2.35. The number of methoxy groups -OCH3 is 1. The zero-order chi connectivity index (χ0) is 8.55. The molecule has 0 N–H and O–H groups in total. The summed E-state index contributed by atoms with van der Waals surface area (Å²) < 4.78 is 4.56. The Kier molecular flexibility index (Phi) is 1.74. The first kappa shape index (κ1) is 7.57. The molecule has 0 radical (unpaired) electrons. The molecular weight excluding hydrogens is 162 g/mol. The summed E-state index contributed by atoms with van der Waals surface area (Å²) in [6.07, 6.45) is 2.66. The van der Waals surface area contributed by atoms with Crippen LogP contribution in [0.1, 0.15) is 0 Å². The molecule has 3 aliphatic heterocycles.